The van der Waals surface area contributed by atoms with E-state index in [0.29, 0.717) is 0 Å². The number of allylic oxidation sites excluding steroid dienone is 4. The molecule has 0 heteroatoms. The summed E-state index contributed by atoms with van der Waals surface area (Å²) in [5, 5.41) is 0. The maximum atomic E-state index is 3.55. The Labute approximate surface area is 108 Å². The first-order chi connectivity index (χ1) is 8.38. The average molecular weight is 233 g/mol. The molecule has 0 spiro atoms. The van der Waals surface area contributed by atoms with Gasteiger partial charge in [0.05, 0.1) is 0 Å². The van der Waals surface area contributed by atoms with Crippen molar-refractivity contribution in [1.29, 1.82) is 0 Å². The van der Waals surface area contributed by atoms with E-state index in [1.807, 2.05) is 0 Å². The minimum atomic E-state index is 1.08. The Morgan fingerprint density at radius 1 is 0.882 bits per heavy atom. The Morgan fingerprint density at radius 3 is 2.18 bits per heavy atom. The van der Waals surface area contributed by atoms with Crippen molar-refractivity contribution in [1.82, 2.24) is 0 Å². The Kier molecular flexibility index (Phi) is 8.13. The van der Waals surface area contributed by atoms with Crippen molar-refractivity contribution >= 4 is 0 Å². The van der Waals surface area contributed by atoms with Crippen LogP contribution in [0.4, 0.5) is 0 Å². The highest BCUT2D eigenvalue weighted by atomic mass is 14.1. The molecule has 0 heterocycles. The van der Waals surface area contributed by atoms with Crippen molar-refractivity contribution in [2.24, 2.45) is 0 Å². The molecule has 1 aliphatic carbocycles. The lowest BCUT2D eigenvalue weighted by Gasteiger charge is -2.08. The largest absolute Gasteiger partial charge is 0.0766 e. The molecule has 1 aliphatic rings. The van der Waals surface area contributed by atoms with Crippen LogP contribution in [0.1, 0.15) is 84.5 Å². The minimum absolute atomic E-state index is 1.08. The Balaban J connectivity index is 2.14. The lowest BCUT2D eigenvalue weighted by Crippen LogP contribution is -1.89. The van der Waals surface area contributed by atoms with E-state index in [4.69, 9.17) is 0 Å². The zero-order chi connectivity index (χ0) is 12.3. The van der Waals surface area contributed by atoms with E-state index in [2.05, 4.69) is 26.0 Å². The van der Waals surface area contributed by atoms with Crippen LogP contribution in [0.5, 0.6) is 0 Å². The lowest BCUT2D eigenvalue weighted by atomic mass is 9.97. The van der Waals surface area contributed by atoms with Crippen LogP contribution < -0.4 is 0 Å². The highest BCUT2D eigenvalue weighted by Gasteiger charge is 2.09. The quantitative estimate of drug-likeness (QED) is 0.407. The van der Waals surface area contributed by atoms with Crippen molar-refractivity contribution in [3.8, 4) is 0 Å². The van der Waals surface area contributed by atoms with Crippen molar-refractivity contribution in [2.75, 3.05) is 0 Å². The molecule has 0 nitrogen and oxygen atoms in total. The summed E-state index contributed by atoms with van der Waals surface area (Å²) >= 11 is 0. The van der Waals surface area contributed by atoms with Crippen LogP contribution >= 0.6 is 0 Å². The zero-order valence-electron chi connectivity index (χ0n) is 11.9. The maximum absolute atomic E-state index is 3.55. The Hall–Kier alpha value is -0.520. The van der Waals surface area contributed by atoms with Crippen molar-refractivity contribution in [2.45, 2.75) is 84.5 Å². The molecule has 17 heavy (non-hydrogen) atoms. The van der Waals surface area contributed by atoms with Gasteiger partial charge in [0, 0.05) is 0 Å². The molecule has 1 radical (unpaired) electrons. The third kappa shape index (κ3) is 6.10. The molecule has 0 saturated carbocycles. The average Bonchev–Trinajstić information content (AvgIpc) is 2.78. The predicted octanol–water partition coefficient (Wildman–Crippen LogP) is 5.99. The second kappa shape index (κ2) is 9.50. The van der Waals surface area contributed by atoms with E-state index in [1.165, 1.54) is 64.2 Å². The summed E-state index contributed by atoms with van der Waals surface area (Å²) in [4.78, 5) is 0. The number of hydrogen-bond donors (Lipinski definition) is 0. The van der Waals surface area contributed by atoms with Gasteiger partial charge in [0.1, 0.15) is 0 Å². The van der Waals surface area contributed by atoms with E-state index < -0.39 is 0 Å². The molecule has 0 aromatic carbocycles. The van der Waals surface area contributed by atoms with Gasteiger partial charge in [-0.05, 0) is 49.3 Å². The molecule has 0 unspecified atom stereocenters. The molecule has 0 aromatic rings. The summed E-state index contributed by atoms with van der Waals surface area (Å²) in [5.41, 5.74) is 3.18. The monoisotopic (exact) mass is 233 g/mol. The first-order valence-corrected chi connectivity index (χ1v) is 7.67. The second-order valence-electron chi connectivity index (χ2n) is 5.21. The standard InChI is InChI=1S/C17H29/c1-3-5-7-9-12-16-14-11-15-17(16)13-10-8-6-4-2/h14H,3-13H2,1-2H3. The van der Waals surface area contributed by atoms with Gasteiger partial charge in [-0.15, -0.1) is 0 Å². The fourth-order valence-electron chi connectivity index (χ4n) is 2.51. The molecular formula is C17H29. The van der Waals surface area contributed by atoms with Crippen molar-refractivity contribution in [3.63, 3.8) is 0 Å². The summed E-state index contributed by atoms with van der Waals surface area (Å²) < 4.78 is 0. The van der Waals surface area contributed by atoms with Gasteiger partial charge in [-0.1, -0.05) is 58.4 Å². The lowest BCUT2D eigenvalue weighted by molar-refractivity contribution is 0.649. The van der Waals surface area contributed by atoms with Crippen LogP contribution in [0.2, 0.25) is 0 Å². The van der Waals surface area contributed by atoms with Gasteiger partial charge in [0.15, 0.2) is 0 Å². The molecule has 97 valence electrons. The molecular weight excluding hydrogens is 204 g/mol. The fourth-order valence-corrected chi connectivity index (χ4v) is 2.51. The van der Waals surface area contributed by atoms with Crippen molar-refractivity contribution in [3.05, 3.63) is 23.3 Å². The fraction of sp³-hybridized carbons (Fsp3) is 0.765. The molecule has 0 bridgehead atoms. The number of unbranched alkanes of at least 4 members (excludes halogenated alkanes) is 6. The van der Waals surface area contributed by atoms with E-state index >= 15 is 0 Å². The molecule has 0 aromatic heterocycles. The first kappa shape index (κ1) is 14.5. The molecule has 1 rings (SSSR count). The zero-order valence-corrected chi connectivity index (χ0v) is 11.9. The molecule has 0 amide bonds. The van der Waals surface area contributed by atoms with Crippen LogP contribution in [-0.2, 0) is 0 Å². The number of rotatable bonds is 10. The van der Waals surface area contributed by atoms with E-state index in [-0.39, 0.29) is 0 Å². The van der Waals surface area contributed by atoms with Gasteiger partial charge >= 0.3 is 0 Å². The maximum Gasteiger partial charge on any atom is -0.00857 e. The summed E-state index contributed by atoms with van der Waals surface area (Å²) in [6, 6.07) is 0. The Bertz CT molecular complexity index is 219. The SMILES string of the molecule is CCCCCCC1=[C]CC=C1CCCCCC. The highest BCUT2D eigenvalue weighted by Crippen LogP contribution is 2.28. The van der Waals surface area contributed by atoms with Gasteiger partial charge in [-0.2, -0.15) is 0 Å². The highest BCUT2D eigenvalue weighted by molar-refractivity contribution is 5.34. The van der Waals surface area contributed by atoms with Gasteiger partial charge < -0.3 is 0 Å². The normalized spacial score (nSPS) is 14.9. The van der Waals surface area contributed by atoms with Gasteiger partial charge in [-0.25, -0.2) is 0 Å². The molecule has 0 atom stereocenters. The predicted molar refractivity (Wildman–Crippen MR) is 77.0 cm³/mol. The van der Waals surface area contributed by atoms with Crippen LogP contribution in [0.3, 0.4) is 0 Å². The van der Waals surface area contributed by atoms with Crippen LogP contribution in [0.15, 0.2) is 17.2 Å². The summed E-state index contributed by atoms with van der Waals surface area (Å²) in [6.07, 6.45) is 20.6. The molecule has 0 saturated heterocycles. The number of hydrogen-bond acceptors (Lipinski definition) is 0. The first-order valence-electron chi connectivity index (χ1n) is 7.67. The van der Waals surface area contributed by atoms with Gasteiger partial charge in [-0.3, -0.25) is 0 Å². The Morgan fingerprint density at radius 2 is 1.53 bits per heavy atom. The van der Waals surface area contributed by atoms with Crippen LogP contribution in [-0.4, -0.2) is 0 Å². The van der Waals surface area contributed by atoms with Crippen molar-refractivity contribution < 1.29 is 0 Å². The summed E-state index contributed by atoms with van der Waals surface area (Å²) in [6.45, 7) is 4.56. The summed E-state index contributed by atoms with van der Waals surface area (Å²) in [7, 11) is 0. The third-order valence-electron chi connectivity index (χ3n) is 3.63. The molecule has 0 N–H and O–H groups in total. The topological polar surface area (TPSA) is 0 Å². The van der Waals surface area contributed by atoms with E-state index in [0.717, 1.165) is 6.42 Å². The van der Waals surface area contributed by atoms with Gasteiger partial charge in [0.2, 0.25) is 0 Å². The third-order valence-corrected chi connectivity index (χ3v) is 3.63. The smallest absolute Gasteiger partial charge is 0.00857 e. The minimum Gasteiger partial charge on any atom is -0.0766 e. The van der Waals surface area contributed by atoms with E-state index in [1.54, 1.807) is 11.1 Å². The summed E-state index contributed by atoms with van der Waals surface area (Å²) in [5.74, 6) is 0. The van der Waals surface area contributed by atoms with Crippen LogP contribution in [0, 0.1) is 6.08 Å². The molecule has 0 fully saturated rings. The second-order valence-corrected chi connectivity index (χ2v) is 5.21. The van der Waals surface area contributed by atoms with Crippen LogP contribution in [0.25, 0.3) is 0 Å². The molecule has 0 aliphatic heterocycles. The van der Waals surface area contributed by atoms with Gasteiger partial charge in [0.25, 0.3) is 0 Å². The van der Waals surface area contributed by atoms with E-state index in [9.17, 15) is 0 Å².